The highest BCUT2D eigenvalue weighted by molar-refractivity contribution is 7.92. The number of nitrogens with zero attached hydrogens (tertiary/aromatic N) is 4. The van der Waals surface area contributed by atoms with Gasteiger partial charge in [0.2, 0.25) is 5.95 Å². The van der Waals surface area contributed by atoms with Gasteiger partial charge in [0, 0.05) is 30.8 Å². The molecular formula is C27H32N4O4S. The van der Waals surface area contributed by atoms with Gasteiger partial charge in [-0.15, -0.1) is 0 Å². The molecule has 8 nitrogen and oxygen atoms in total. The maximum atomic E-state index is 13.7. The Morgan fingerprint density at radius 3 is 2.39 bits per heavy atom. The van der Waals surface area contributed by atoms with Crippen molar-refractivity contribution in [1.29, 1.82) is 0 Å². The fraction of sp³-hybridized carbons (Fsp3) is 0.407. The first kappa shape index (κ1) is 24.5. The van der Waals surface area contributed by atoms with Crippen molar-refractivity contribution in [3.8, 4) is 17.0 Å². The normalized spacial score (nSPS) is 16.2. The lowest BCUT2D eigenvalue weighted by Crippen LogP contribution is -2.38. The van der Waals surface area contributed by atoms with Crippen molar-refractivity contribution >= 4 is 21.8 Å². The molecule has 1 fully saturated rings. The van der Waals surface area contributed by atoms with Gasteiger partial charge >= 0.3 is 0 Å². The Hall–Kier alpha value is -3.17. The summed E-state index contributed by atoms with van der Waals surface area (Å²) in [5.41, 5.74) is 3.11. The van der Waals surface area contributed by atoms with Crippen LogP contribution in [0.15, 0.2) is 53.4 Å². The summed E-state index contributed by atoms with van der Waals surface area (Å²) in [6, 6.07) is 14.8. The molecule has 9 heteroatoms. The van der Waals surface area contributed by atoms with Gasteiger partial charge < -0.3 is 14.4 Å². The lowest BCUT2D eigenvalue weighted by molar-refractivity contribution is 0.122. The topological polar surface area (TPSA) is 84.9 Å². The number of hydrogen-bond acceptors (Lipinski definition) is 7. The van der Waals surface area contributed by atoms with Crippen molar-refractivity contribution < 1.29 is 17.9 Å². The van der Waals surface area contributed by atoms with Gasteiger partial charge in [-0.2, -0.15) is 4.98 Å². The van der Waals surface area contributed by atoms with Crippen LogP contribution in [-0.4, -0.2) is 56.8 Å². The van der Waals surface area contributed by atoms with Gasteiger partial charge in [0.05, 0.1) is 23.8 Å². The Morgan fingerprint density at radius 2 is 1.69 bits per heavy atom. The average molecular weight is 509 g/mol. The maximum Gasteiger partial charge on any atom is 0.265 e. The number of benzene rings is 2. The van der Waals surface area contributed by atoms with E-state index in [2.05, 4.69) is 4.90 Å². The van der Waals surface area contributed by atoms with Crippen molar-refractivity contribution in [2.24, 2.45) is 0 Å². The third-order valence-electron chi connectivity index (χ3n) is 6.21. The molecule has 3 heterocycles. The van der Waals surface area contributed by atoms with Crippen LogP contribution in [0.25, 0.3) is 11.3 Å². The number of anilines is 2. The molecule has 1 saturated heterocycles. The molecule has 2 aromatic carbocycles. The standard InChI is InChI=1S/C27H32N4O4S/c1-19-8-10-22(11-9-19)36(32,33)31-13-12-23-24(20-6-5-7-21(18-20)35-27(2,3)4)28-26(29-25(23)31)30-14-16-34-17-15-30/h5-11,18H,12-17H2,1-4H3. The summed E-state index contributed by atoms with van der Waals surface area (Å²) in [4.78, 5) is 12.1. The molecule has 0 bridgehead atoms. The third-order valence-corrected chi connectivity index (χ3v) is 8.01. The summed E-state index contributed by atoms with van der Waals surface area (Å²) in [7, 11) is -3.77. The molecule has 0 spiro atoms. The van der Waals surface area contributed by atoms with E-state index >= 15 is 0 Å². The van der Waals surface area contributed by atoms with Crippen LogP contribution in [-0.2, 0) is 21.2 Å². The van der Waals surface area contributed by atoms with E-state index in [4.69, 9.17) is 19.4 Å². The van der Waals surface area contributed by atoms with E-state index in [-0.39, 0.29) is 10.5 Å². The molecule has 2 aliphatic heterocycles. The molecule has 3 aromatic rings. The molecule has 0 atom stereocenters. The van der Waals surface area contributed by atoms with E-state index in [1.807, 2.05) is 64.1 Å². The third kappa shape index (κ3) is 4.90. The van der Waals surface area contributed by atoms with Crippen LogP contribution in [0.4, 0.5) is 11.8 Å². The van der Waals surface area contributed by atoms with E-state index < -0.39 is 10.0 Å². The van der Waals surface area contributed by atoms with Crippen molar-refractivity contribution in [2.75, 3.05) is 42.1 Å². The summed E-state index contributed by atoms with van der Waals surface area (Å²) < 4.78 is 40.4. The highest BCUT2D eigenvalue weighted by Gasteiger charge is 2.35. The molecule has 2 aliphatic rings. The number of rotatable bonds is 5. The number of morpholine rings is 1. The molecule has 1 aromatic heterocycles. The summed E-state index contributed by atoms with van der Waals surface area (Å²) >= 11 is 0. The highest BCUT2D eigenvalue weighted by Crippen LogP contribution is 2.39. The second kappa shape index (κ2) is 9.37. The SMILES string of the molecule is Cc1ccc(S(=O)(=O)N2CCc3c(-c4cccc(OC(C)(C)C)c4)nc(N4CCOCC4)nc32)cc1. The number of ether oxygens (including phenoxy) is 2. The Labute approximate surface area is 212 Å². The van der Waals surface area contributed by atoms with Gasteiger partial charge in [-0.1, -0.05) is 29.8 Å². The summed E-state index contributed by atoms with van der Waals surface area (Å²) in [5, 5.41) is 0. The number of sulfonamides is 1. The molecule has 0 radical (unpaired) electrons. The molecule has 5 rings (SSSR count). The first-order valence-corrected chi connectivity index (χ1v) is 13.7. The summed E-state index contributed by atoms with van der Waals surface area (Å²) in [6.07, 6.45) is 0.531. The Kier molecular flexibility index (Phi) is 6.38. The first-order chi connectivity index (χ1) is 17.1. The molecular weight excluding hydrogens is 476 g/mol. The van der Waals surface area contributed by atoms with Crippen LogP contribution in [0, 0.1) is 6.92 Å². The zero-order valence-corrected chi connectivity index (χ0v) is 22.0. The predicted molar refractivity (Wildman–Crippen MR) is 140 cm³/mol. The van der Waals surface area contributed by atoms with Crippen LogP contribution in [0.5, 0.6) is 5.75 Å². The zero-order valence-electron chi connectivity index (χ0n) is 21.2. The molecule has 0 amide bonds. The van der Waals surface area contributed by atoms with Crippen LogP contribution >= 0.6 is 0 Å². The quantitative estimate of drug-likeness (QED) is 0.510. The lowest BCUT2D eigenvalue weighted by atomic mass is 10.0. The van der Waals surface area contributed by atoms with Gasteiger partial charge in [-0.3, -0.25) is 0 Å². The van der Waals surface area contributed by atoms with Gasteiger partial charge in [0.15, 0.2) is 5.82 Å². The van der Waals surface area contributed by atoms with Gasteiger partial charge in [-0.25, -0.2) is 17.7 Å². The number of aryl methyl sites for hydroxylation is 1. The van der Waals surface area contributed by atoms with Gasteiger partial charge in [0.25, 0.3) is 10.0 Å². The monoisotopic (exact) mass is 508 g/mol. The number of fused-ring (bicyclic) bond motifs is 1. The van der Waals surface area contributed by atoms with Crippen molar-refractivity contribution in [3.63, 3.8) is 0 Å². The minimum atomic E-state index is -3.77. The van der Waals surface area contributed by atoms with Crippen LogP contribution < -0.4 is 13.9 Å². The second-order valence-electron chi connectivity index (χ2n) is 10.2. The molecule has 0 unspecified atom stereocenters. The Balaban J connectivity index is 1.63. The van der Waals surface area contributed by atoms with Crippen molar-refractivity contribution in [1.82, 2.24) is 9.97 Å². The predicted octanol–water partition coefficient (Wildman–Crippen LogP) is 4.22. The smallest absolute Gasteiger partial charge is 0.265 e. The summed E-state index contributed by atoms with van der Waals surface area (Å²) in [5.74, 6) is 1.70. The van der Waals surface area contributed by atoms with E-state index in [1.54, 1.807) is 12.1 Å². The van der Waals surface area contributed by atoms with E-state index in [9.17, 15) is 8.42 Å². The number of hydrogen-bond donors (Lipinski definition) is 0. The van der Waals surface area contributed by atoms with Crippen molar-refractivity contribution in [2.45, 2.75) is 44.6 Å². The van der Waals surface area contributed by atoms with Crippen LogP contribution in [0.2, 0.25) is 0 Å². The fourth-order valence-corrected chi connectivity index (χ4v) is 5.94. The fourth-order valence-electron chi connectivity index (χ4n) is 4.49. The highest BCUT2D eigenvalue weighted by atomic mass is 32.2. The van der Waals surface area contributed by atoms with Crippen LogP contribution in [0.1, 0.15) is 31.9 Å². The molecule has 0 N–H and O–H groups in total. The molecule has 0 aliphatic carbocycles. The van der Waals surface area contributed by atoms with E-state index in [0.29, 0.717) is 51.0 Å². The summed E-state index contributed by atoms with van der Waals surface area (Å²) in [6.45, 7) is 10.7. The number of aromatic nitrogens is 2. The largest absolute Gasteiger partial charge is 0.488 e. The molecule has 36 heavy (non-hydrogen) atoms. The van der Waals surface area contributed by atoms with Gasteiger partial charge in [0.1, 0.15) is 11.4 Å². The molecule has 0 saturated carbocycles. The zero-order chi connectivity index (χ0) is 25.5. The lowest BCUT2D eigenvalue weighted by Gasteiger charge is -2.28. The first-order valence-electron chi connectivity index (χ1n) is 12.2. The van der Waals surface area contributed by atoms with Gasteiger partial charge in [-0.05, 0) is 58.4 Å². The minimum Gasteiger partial charge on any atom is -0.488 e. The Bertz CT molecular complexity index is 1360. The Morgan fingerprint density at radius 1 is 0.972 bits per heavy atom. The second-order valence-corrected chi connectivity index (χ2v) is 12.0. The molecule has 190 valence electrons. The maximum absolute atomic E-state index is 13.7. The minimum absolute atomic E-state index is 0.259. The van der Waals surface area contributed by atoms with E-state index in [0.717, 1.165) is 28.1 Å². The van der Waals surface area contributed by atoms with Crippen molar-refractivity contribution in [3.05, 3.63) is 59.7 Å². The van der Waals surface area contributed by atoms with Crippen LogP contribution in [0.3, 0.4) is 0 Å². The van der Waals surface area contributed by atoms with E-state index in [1.165, 1.54) is 4.31 Å². The average Bonchev–Trinajstić information content (AvgIpc) is 3.28.